The number of hydrogen-bond acceptors (Lipinski definition) is 4. The molecule has 2 saturated carbocycles. The molecule has 2 aromatic rings. The van der Waals surface area contributed by atoms with Crippen LogP contribution >= 0.6 is 0 Å². The molecule has 94 valence electrons. The zero-order valence-corrected chi connectivity index (χ0v) is 9.83. The summed E-state index contributed by atoms with van der Waals surface area (Å²) < 4.78 is 2.01. The number of nitrogens with one attached hydrogen (secondary N) is 1. The lowest BCUT2D eigenvalue weighted by Gasteiger charge is -2.13. The van der Waals surface area contributed by atoms with Crippen molar-refractivity contribution in [3.8, 4) is 0 Å². The molecule has 0 bridgehead atoms. The second-order valence-corrected chi connectivity index (χ2v) is 5.49. The predicted octanol–water partition coefficient (Wildman–Crippen LogP) is 0.453. The molecule has 2 fully saturated rings. The highest BCUT2D eigenvalue weighted by molar-refractivity contribution is 5.69. The molecule has 3 atom stereocenters. The number of hydrogen-bond donors (Lipinski definition) is 2. The summed E-state index contributed by atoms with van der Waals surface area (Å²) in [7, 11) is 0. The van der Waals surface area contributed by atoms with E-state index in [0.717, 1.165) is 19.3 Å². The van der Waals surface area contributed by atoms with E-state index in [4.69, 9.17) is 0 Å². The Morgan fingerprint density at radius 1 is 1.56 bits per heavy atom. The van der Waals surface area contributed by atoms with Gasteiger partial charge in [0.2, 0.25) is 0 Å². The second kappa shape index (κ2) is 3.20. The lowest BCUT2D eigenvalue weighted by Crippen LogP contribution is -2.11. The van der Waals surface area contributed by atoms with E-state index in [1.807, 2.05) is 4.57 Å². The maximum atomic E-state index is 11.6. The standard InChI is InChI=1S/C12H14N4O2/c17-4-12-2-1-8(7(12)3-12)16-6-15-9-10(16)13-5-14-11(9)18/h5-8,17H,1-4H2,(H,13,14,18). The van der Waals surface area contributed by atoms with E-state index < -0.39 is 0 Å². The molecule has 6 nitrogen and oxygen atoms in total. The van der Waals surface area contributed by atoms with E-state index in [1.165, 1.54) is 6.33 Å². The zero-order chi connectivity index (χ0) is 12.3. The summed E-state index contributed by atoms with van der Waals surface area (Å²) >= 11 is 0. The first-order chi connectivity index (χ1) is 8.75. The zero-order valence-electron chi connectivity index (χ0n) is 9.83. The van der Waals surface area contributed by atoms with E-state index in [9.17, 15) is 9.90 Å². The Balaban J connectivity index is 1.81. The van der Waals surface area contributed by atoms with Crippen LogP contribution in [0.4, 0.5) is 0 Å². The molecule has 2 heterocycles. The molecule has 6 heteroatoms. The van der Waals surface area contributed by atoms with Gasteiger partial charge in [-0.15, -0.1) is 0 Å². The molecular formula is C12H14N4O2. The van der Waals surface area contributed by atoms with Crippen molar-refractivity contribution in [1.29, 1.82) is 0 Å². The molecule has 18 heavy (non-hydrogen) atoms. The lowest BCUT2D eigenvalue weighted by molar-refractivity contribution is 0.205. The van der Waals surface area contributed by atoms with Gasteiger partial charge >= 0.3 is 0 Å². The molecule has 0 radical (unpaired) electrons. The fourth-order valence-electron chi connectivity index (χ4n) is 3.55. The van der Waals surface area contributed by atoms with E-state index in [1.54, 1.807) is 6.33 Å². The van der Waals surface area contributed by atoms with Crippen LogP contribution in [0.3, 0.4) is 0 Å². The van der Waals surface area contributed by atoms with Gasteiger partial charge in [-0.25, -0.2) is 9.97 Å². The van der Waals surface area contributed by atoms with Gasteiger partial charge in [0.15, 0.2) is 11.2 Å². The Hall–Kier alpha value is -1.69. The number of aromatic amines is 1. The van der Waals surface area contributed by atoms with Crippen LogP contribution in [0.25, 0.3) is 11.2 Å². The SMILES string of the molecule is O=c1[nH]cnc2c1ncn2C1CCC2(CO)CC12. The van der Waals surface area contributed by atoms with Gasteiger partial charge in [0.1, 0.15) is 0 Å². The molecule has 2 aliphatic rings. The quantitative estimate of drug-likeness (QED) is 0.806. The topological polar surface area (TPSA) is 83.8 Å². The highest BCUT2D eigenvalue weighted by Gasteiger charge is 2.61. The Morgan fingerprint density at radius 2 is 2.44 bits per heavy atom. The molecule has 0 saturated heterocycles. The number of aliphatic hydroxyl groups is 1. The monoisotopic (exact) mass is 246 g/mol. The number of rotatable bonds is 2. The highest BCUT2D eigenvalue weighted by Crippen LogP contribution is 2.67. The van der Waals surface area contributed by atoms with Crippen molar-refractivity contribution in [1.82, 2.24) is 19.5 Å². The maximum Gasteiger partial charge on any atom is 0.278 e. The van der Waals surface area contributed by atoms with Crippen molar-refractivity contribution in [2.24, 2.45) is 11.3 Å². The second-order valence-electron chi connectivity index (χ2n) is 5.49. The molecule has 0 amide bonds. The van der Waals surface area contributed by atoms with Crippen LogP contribution in [0.2, 0.25) is 0 Å². The third-order valence-corrected chi connectivity index (χ3v) is 4.69. The number of aromatic nitrogens is 4. The van der Waals surface area contributed by atoms with Gasteiger partial charge in [0.05, 0.1) is 12.7 Å². The van der Waals surface area contributed by atoms with E-state index in [0.29, 0.717) is 23.1 Å². The lowest BCUT2D eigenvalue weighted by atomic mass is 10.1. The van der Waals surface area contributed by atoms with Gasteiger partial charge in [-0.2, -0.15) is 0 Å². The molecule has 0 aromatic carbocycles. The van der Waals surface area contributed by atoms with Gasteiger partial charge in [-0.3, -0.25) is 4.79 Å². The summed E-state index contributed by atoms with van der Waals surface area (Å²) in [6.45, 7) is 0.273. The summed E-state index contributed by atoms with van der Waals surface area (Å²) in [4.78, 5) is 22.5. The third kappa shape index (κ3) is 1.13. The Bertz CT molecular complexity index is 676. The summed E-state index contributed by atoms with van der Waals surface area (Å²) in [5.41, 5.74) is 1.01. The van der Waals surface area contributed by atoms with Crippen LogP contribution < -0.4 is 5.56 Å². The summed E-state index contributed by atoms with van der Waals surface area (Å²) in [6.07, 6.45) is 6.30. The van der Waals surface area contributed by atoms with E-state index >= 15 is 0 Å². The van der Waals surface area contributed by atoms with Crippen molar-refractivity contribution in [2.75, 3.05) is 6.61 Å². The summed E-state index contributed by atoms with van der Waals surface area (Å²) in [5.74, 6) is 0.515. The minimum atomic E-state index is -0.194. The van der Waals surface area contributed by atoms with Crippen LogP contribution in [0, 0.1) is 11.3 Å². The molecule has 2 aliphatic carbocycles. The number of fused-ring (bicyclic) bond motifs is 2. The first-order valence-corrected chi connectivity index (χ1v) is 6.26. The number of nitrogens with zero attached hydrogens (tertiary/aromatic N) is 3. The van der Waals surface area contributed by atoms with Crippen LogP contribution in [0.15, 0.2) is 17.4 Å². The smallest absolute Gasteiger partial charge is 0.278 e. The predicted molar refractivity (Wildman–Crippen MR) is 64.0 cm³/mol. The third-order valence-electron chi connectivity index (χ3n) is 4.69. The highest BCUT2D eigenvalue weighted by atomic mass is 16.3. The van der Waals surface area contributed by atoms with Crippen molar-refractivity contribution < 1.29 is 5.11 Å². The van der Waals surface area contributed by atoms with Gasteiger partial charge in [-0.05, 0) is 30.6 Å². The fraction of sp³-hybridized carbons (Fsp3) is 0.583. The molecule has 2 N–H and O–H groups in total. The Labute approximate surface area is 103 Å². The van der Waals surface area contributed by atoms with Gasteiger partial charge in [0.25, 0.3) is 5.56 Å². The maximum absolute atomic E-state index is 11.6. The number of imidazole rings is 1. The molecule has 2 aromatic heterocycles. The first kappa shape index (κ1) is 10.3. The molecule has 0 aliphatic heterocycles. The Kier molecular flexibility index (Phi) is 1.82. The molecule has 4 rings (SSSR count). The minimum Gasteiger partial charge on any atom is -0.396 e. The van der Waals surface area contributed by atoms with Crippen LogP contribution in [0.5, 0.6) is 0 Å². The number of aliphatic hydroxyl groups excluding tert-OH is 1. The Morgan fingerprint density at radius 3 is 3.17 bits per heavy atom. The summed E-state index contributed by atoms with van der Waals surface area (Å²) in [6, 6.07) is 0.330. The largest absolute Gasteiger partial charge is 0.396 e. The summed E-state index contributed by atoms with van der Waals surface area (Å²) in [5, 5.41) is 9.44. The first-order valence-electron chi connectivity index (χ1n) is 6.26. The van der Waals surface area contributed by atoms with Crippen molar-refractivity contribution in [3.05, 3.63) is 23.0 Å². The van der Waals surface area contributed by atoms with Crippen LogP contribution in [0.1, 0.15) is 25.3 Å². The molecule has 3 unspecified atom stereocenters. The van der Waals surface area contributed by atoms with Crippen LogP contribution in [-0.4, -0.2) is 31.2 Å². The van der Waals surface area contributed by atoms with Gasteiger partial charge in [0, 0.05) is 12.6 Å². The van der Waals surface area contributed by atoms with Crippen LogP contribution in [-0.2, 0) is 0 Å². The minimum absolute atomic E-state index is 0.141. The van der Waals surface area contributed by atoms with Crippen molar-refractivity contribution in [2.45, 2.75) is 25.3 Å². The fourth-order valence-corrected chi connectivity index (χ4v) is 3.55. The molecular weight excluding hydrogens is 232 g/mol. The van der Waals surface area contributed by atoms with Crippen molar-refractivity contribution in [3.63, 3.8) is 0 Å². The van der Waals surface area contributed by atoms with Gasteiger partial charge in [-0.1, -0.05) is 0 Å². The van der Waals surface area contributed by atoms with Gasteiger partial charge < -0.3 is 14.7 Å². The number of H-pyrrole nitrogens is 1. The van der Waals surface area contributed by atoms with E-state index in [-0.39, 0.29) is 17.6 Å². The molecule has 0 spiro atoms. The average Bonchev–Trinajstić information content (AvgIpc) is 2.78. The normalized spacial score (nSPS) is 33.8. The average molecular weight is 246 g/mol. The van der Waals surface area contributed by atoms with E-state index in [2.05, 4.69) is 15.0 Å². The van der Waals surface area contributed by atoms with Crippen molar-refractivity contribution >= 4 is 11.2 Å².